The molecule has 2 amide bonds. The van der Waals surface area contributed by atoms with E-state index in [-0.39, 0.29) is 11.8 Å². The highest BCUT2D eigenvalue weighted by Crippen LogP contribution is 2.27. The van der Waals surface area contributed by atoms with Crippen LogP contribution >= 0.6 is 0 Å². The van der Waals surface area contributed by atoms with E-state index in [4.69, 9.17) is 9.47 Å². The van der Waals surface area contributed by atoms with Crippen molar-refractivity contribution in [1.82, 2.24) is 0 Å². The number of hydrogen-bond donors (Lipinski definition) is 0. The molecule has 22 heavy (non-hydrogen) atoms. The van der Waals surface area contributed by atoms with Gasteiger partial charge in [0.05, 0.1) is 25.0 Å². The number of nitrogens with zero attached hydrogens (tertiary/aromatic N) is 1. The highest BCUT2D eigenvalue weighted by atomic mass is 16.5. The SMILES string of the molecule is CCC1COC1CCOc1ccc(N2C(=O)C=CC2=O)cc1. The number of amides is 2. The van der Waals surface area contributed by atoms with E-state index < -0.39 is 0 Å². The molecule has 1 saturated heterocycles. The molecule has 116 valence electrons. The van der Waals surface area contributed by atoms with Gasteiger partial charge in [0.25, 0.3) is 11.8 Å². The Balaban J connectivity index is 1.51. The van der Waals surface area contributed by atoms with E-state index in [1.54, 1.807) is 24.3 Å². The summed E-state index contributed by atoms with van der Waals surface area (Å²) >= 11 is 0. The van der Waals surface area contributed by atoms with Crippen LogP contribution < -0.4 is 9.64 Å². The molecule has 0 spiro atoms. The lowest BCUT2D eigenvalue weighted by molar-refractivity contribution is -0.122. The quantitative estimate of drug-likeness (QED) is 0.757. The molecule has 2 unspecified atom stereocenters. The second-order valence-corrected chi connectivity index (χ2v) is 5.52. The van der Waals surface area contributed by atoms with Crippen molar-refractivity contribution in [3.63, 3.8) is 0 Å². The molecule has 1 aromatic rings. The molecule has 1 fully saturated rings. The van der Waals surface area contributed by atoms with Crippen molar-refractivity contribution in [2.75, 3.05) is 18.1 Å². The van der Waals surface area contributed by atoms with E-state index in [9.17, 15) is 9.59 Å². The molecule has 2 heterocycles. The minimum absolute atomic E-state index is 0.314. The lowest BCUT2D eigenvalue weighted by Crippen LogP contribution is -2.40. The zero-order valence-corrected chi connectivity index (χ0v) is 12.5. The summed E-state index contributed by atoms with van der Waals surface area (Å²) < 4.78 is 11.2. The van der Waals surface area contributed by atoms with Crippen LogP contribution in [0.25, 0.3) is 0 Å². The van der Waals surface area contributed by atoms with E-state index in [1.165, 1.54) is 12.2 Å². The van der Waals surface area contributed by atoms with Crippen LogP contribution in [0.4, 0.5) is 5.69 Å². The number of carbonyl (C=O) groups is 2. The van der Waals surface area contributed by atoms with Crippen molar-refractivity contribution >= 4 is 17.5 Å². The van der Waals surface area contributed by atoms with Crippen LogP contribution in [0.1, 0.15) is 19.8 Å². The van der Waals surface area contributed by atoms with Gasteiger partial charge in [-0.15, -0.1) is 0 Å². The lowest BCUT2D eigenvalue weighted by atomic mass is 9.93. The van der Waals surface area contributed by atoms with Gasteiger partial charge in [0, 0.05) is 24.5 Å². The number of rotatable bonds is 6. The van der Waals surface area contributed by atoms with Gasteiger partial charge in [-0.2, -0.15) is 0 Å². The Morgan fingerprint density at radius 1 is 1.18 bits per heavy atom. The first-order valence-corrected chi connectivity index (χ1v) is 7.59. The first kappa shape index (κ1) is 14.8. The monoisotopic (exact) mass is 301 g/mol. The van der Waals surface area contributed by atoms with Gasteiger partial charge in [-0.25, -0.2) is 4.90 Å². The third-order valence-electron chi connectivity index (χ3n) is 4.15. The van der Waals surface area contributed by atoms with Crippen LogP contribution in [-0.4, -0.2) is 31.1 Å². The summed E-state index contributed by atoms with van der Waals surface area (Å²) in [7, 11) is 0. The summed E-state index contributed by atoms with van der Waals surface area (Å²) in [4.78, 5) is 24.3. The summed E-state index contributed by atoms with van der Waals surface area (Å²) in [6.07, 6.45) is 4.89. The number of anilines is 1. The molecule has 2 aliphatic heterocycles. The van der Waals surface area contributed by atoms with Crippen LogP contribution in [0.2, 0.25) is 0 Å². The Bertz CT molecular complexity index is 573. The molecule has 2 aliphatic rings. The number of carbonyl (C=O) groups excluding carboxylic acids is 2. The smallest absolute Gasteiger partial charge is 0.258 e. The maximum Gasteiger partial charge on any atom is 0.258 e. The second kappa shape index (κ2) is 6.32. The zero-order valence-electron chi connectivity index (χ0n) is 12.5. The molecule has 0 radical (unpaired) electrons. The Morgan fingerprint density at radius 3 is 2.41 bits per heavy atom. The first-order chi connectivity index (χ1) is 10.7. The van der Waals surface area contributed by atoms with Crippen molar-refractivity contribution in [2.45, 2.75) is 25.9 Å². The molecule has 5 heteroatoms. The average Bonchev–Trinajstić information content (AvgIpc) is 2.83. The molecule has 0 bridgehead atoms. The summed E-state index contributed by atoms with van der Waals surface area (Å²) in [6, 6.07) is 6.97. The average molecular weight is 301 g/mol. The summed E-state index contributed by atoms with van der Waals surface area (Å²) in [5.41, 5.74) is 0.556. The Morgan fingerprint density at radius 2 is 1.86 bits per heavy atom. The first-order valence-electron chi connectivity index (χ1n) is 7.59. The van der Waals surface area contributed by atoms with Crippen LogP contribution in [-0.2, 0) is 14.3 Å². The van der Waals surface area contributed by atoms with Gasteiger partial charge in [-0.1, -0.05) is 6.92 Å². The topological polar surface area (TPSA) is 55.8 Å². The van der Waals surface area contributed by atoms with Crippen molar-refractivity contribution in [1.29, 1.82) is 0 Å². The molecule has 1 aromatic carbocycles. The predicted octanol–water partition coefficient (Wildman–Crippen LogP) is 2.31. The van der Waals surface area contributed by atoms with Gasteiger partial charge in [-0.05, 0) is 30.7 Å². The molecular formula is C17H19NO4. The van der Waals surface area contributed by atoms with Gasteiger partial charge < -0.3 is 9.47 Å². The minimum atomic E-state index is -0.314. The maximum atomic E-state index is 11.6. The largest absolute Gasteiger partial charge is 0.493 e. The Kier molecular flexibility index (Phi) is 4.24. The van der Waals surface area contributed by atoms with Gasteiger partial charge >= 0.3 is 0 Å². The third kappa shape index (κ3) is 2.90. The Labute approximate surface area is 129 Å². The molecule has 0 N–H and O–H groups in total. The molecule has 0 aromatic heterocycles. The summed E-state index contributed by atoms with van der Waals surface area (Å²) in [5.74, 6) is 0.756. The van der Waals surface area contributed by atoms with Crippen molar-refractivity contribution < 1.29 is 19.1 Å². The summed E-state index contributed by atoms with van der Waals surface area (Å²) in [5, 5.41) is 0. The van der Waals surface area contributed by atoms with E-state index in [0.717, 1.165) is 30.1 Å². The van der Waals surface area contributed by atoms with Gasteiger partial charge in [-0.3, -0.25) is 9.59 Å². The van der Waals surface area contributed by atoms with Crippen LogP contribution in [0.3, 0.4) is 0 Å². The predicted molar refractivity (Wildman–Crippen MR) is 81.7 cm³/mol. The standard InChI is InChI=1S/C17H19NO4/c1-2-12-11-22-15(12)9-10-21-14-5-3-13(4-6-14)18-16(19)7-8-17(18)20/h3-8,12,15H,2,9-11H2,1H3. The number of imide groups is 1. The van der Waals surface area contributed by atoms with Crippen molar-refractivity contribution in [3.05, 3.63) is 36.4 Å². The lowest BCUT2D eigenvalue weighted by Gasteiger charge is -2.36. The fourth-order valence-corrected chi connectivity index (χ4v) is 2.71. The second-order valence-electron chi connectivity index (χ2n) is 5.52. The van der Waals surface area contributed by atoms with E-state index >= 15 is 0 Å². The fourth-order valence-electron chi connectivity index (χ4n) is 2.71. The summed E-state index contributed by atoms with van der Waals surface area (Å²) in [6.45, 7) is 3.64. The highest BCUT2D eigenvalue weighted by molar-refractivity contribution is 6.28. The van der Waals surface area contributed by atoms with Gasteiger partial charge in [0.1, 0.15) is 5.75 Å². The third-order valence-corrected chi connectivity index (χ3v) is 4.15. The number of ether oxygens (including phenoxy) is 2. The zero-order chi connectivity index (χ0) is 15.5. The molecule has 3 rings (SSSR count). The van der Waals surface area contributed by atoms with Gasteiger partial charge in [0.2, 0.25) is 0 Å². The van der Waals surface area contributed by atoms with Crippen LogP contribution in [0.5, 0.6) is 5.75 Å². The van der Waals surface area contributed by atoms with Crippen LogP contribution in [0, 0.1) is 5.92 Å². The van der Waals surface area contributed by atoms with E-state index in [0.29, 0.717) is 24.3 Å². The maximum absolute atomic E-state index is 11.6. The molecule has 2 atom stereocenters. The highest BCUT2D eigenvalue weighted by Gasteiger charge is 2.30. The fraction of sp³-hybridized carbons (Fsp3) is 0.412. The Hall–Kier alpha value is -2.14. The molecular weight excluding hydrogens is 282 g/mol. The normalized spacial score (nSPS) is 23.8. The van der Waals surface area contributed by atoms with E-state index in [2.05, 4.69) is 6.92 Å². The van der Waals surface area contributed by atoms with Crippen molar-refractivity contribution in [3.8, 4) is 5.75 Å². The van der Waals surface area contributed by atoms with Crippen molar-refractivity contribution in [2.24, 2.45) is 5.92 Å². The number of hydrogen-bond acceptors (Lipinski definition) is 4. The number of benzene rings is 1. The van der Waals surface area contributed by atoms with Crippen LogP contribution in [0.15, 0.2) is 36.4 Å². The van der Waals surface area contributed by atoms with Gasteiger partial charge in [0.15, 0.2) is 0 Å². The molecule has 0 aliphatic carbocycles. The molecule has 0 saturated carbocycles. The minimum Gasteiger partial charge on any atom is -0.493 e. The molecule has 5 nitrogen and oxygen atoms in total. The van der Waals surface area contributed by atoms with E-state index in [1.807, 2.05) is 0 Å².